The first-order chi connectivity index (χ1) is 9.31. The number of rotatable bonds is 6. The quantitative estimate of drug-likeness (QED) is 0.868. The number of carbonyl (C=O) groups excluding carboxylic acids is 1. The Morgan fingerprint density at radius 3 is 2.45 bits per heavy atom. The predicted molar refractivity (Wildman–Crippen MR) is 84.7 cm³/mol. The van der Waals surface area contributed by atoms with Gasteiger partial charge in [0.1, 0.15) is 0 Å². The lowest BCUT2D eigenvalue weighted by Gasteiger charge is -2.21. The summed E-state index contributed by atoms with van der Waals surface area (Å²) in [6, 6.07) is 6.37. The Labute approximate surface area is 123 Å². The van der Waals surface area contributed by atoms with Crippen molar-refractivity contribution in [3.63, 3.8) is 0 Å². The molecule has 1 aromatic carbocycles. The maximum atomic E-state index is 12.2. The van der Waals surface area contributed by atoms with E-state index in [1.165, 1.54) is 11.1 Å². The maximum Gasteiger partial charge on any atom is 0.226 e. The molecule has 112 valence electrons. The lowest BCUT2D eigenvalue weighted by molar-refractivity contribution is -0.129. The fourth-order valence-electron chi connectivity index (χ4n) is 2.02. The molecular weight excluding hydrogens is 248 g/mol. The van der Waals surface area contributed by atoms with Gasteiger partial charge in [0.25, 0.3) is 0 Å². The number of carbonyl (C=O) groups is 1. The third kappa shape index (κ3) is 4.97. The molecule has 0 aromatic heterocycles. The average Bonchev–Trinajstić information content (AvgIpc) is 2.39. The van der Waals surface area contributed by atoms with Gasteiger partial charge in [-0.2, -0.15) is 0 Å². The molecule has 0 saturated heterocycles. The van der Waals surface area contributed by atoms with Crippen molar-refractivity contribution in [1.82, 2.24) is 4.90 Å². The minimum absolute atomic E-state index is 0.157. The first-order valence-corrected chi connectivity index (χ1v) is 7.37. The summed E-state index contributed by atoms with van der Waals surface area (Å²) in [5, 5.41) is 0. The molecule has 3 heteroatoms. The number of hydrogen-bond donors (Lipinski definition) is 1. The minimum atomic E-state index is 0.157. The molecule has 0 fully saturated rings. The Hall–Kier alpha value is -1.35. The first-order valence-electron chi connectivity index (χ1n) is 7.37. The maximum absolute atomic E-state index is 12.2. The zero-order chi connectivity index (χ0) is 15.3. The SMILES string of the molecule is Cc1ccc(CC(=O)N(C)CCC(N)C(C)C)cc1C. The van der Waals surface area contributed by atoms with E-state index in [-0.39, 0.29) is 11.9 Å². The Balaban J connectivity index is 2.51. The zero-order valence-corrected chi connectivity index (χ0v) is 13.4. The van der Waals surface area contributed by atoms with Crippen molar-refractivity contribution in [2.45, 2.75) is 46.6 Å². The summed E-state index contributed by atoms with van der Waals surface area (Å²) in [4.78, 5) is 14.0. The van der Waals surface area contributed by atoms with Gasteiger partial charge in [0.05, 0.1) is 6.42 Å². The molecule has 0 aliphatic rings. The van der Waals surface area contributed by atoms with Crippen LogP contribution in [0.1, 0.15) is 37.0 Å². The summed E-state index contributed by atoms with van der Waals surface area (Å²) in [7, 11) is 1.86. The van der Waals surface area contributed by atoms with Gasteiger partial charge in [-0.1, -0.05) is 32.0 Å². The summed E-state index contributed by atoms with van der Waals surface area (Å²) in [5.74, 6) is 0.613. The summed E-state index contributed by atoms with van der Waals surface area (Å²) in [5.41, 5.74) is 9.60. The highest BCUT2D eigenvalue weighted by atomic mass is 16.2. The highest BCUT2D eigenvalue weighted by Gasteiger charge is 2.13. The van der Waals surface area contributed by atoms with Gasteiger partial charge in [-0.15, -0.1) is 0 Å². The summed E-state index contributed by atoms with van der Waals surface area (Å²) >= 11 is 0. The molecular formula is C17H28N2O. The monoisotopic (exact) mass is 276 g/mol. The molecule has 1 amide bonds. The topological polar surface area (TPSA) is 46.3 Å². The molecule has 0 saturated carbocycles. The van der Waals surface area contributed by atoms with Crippen LogP contribution in [0.25, 0.3) is 0 Å². The lowest BCUT2D eigenvalue weighted by atomic mass is 10.0. The summed E-state index contributed by atoms with van der Waals surface area (Å²) < 4.78 is 0. The van der Waals surface area contributed by atoms with E-state index in [0.717, 1.165) is 18.5 Å². The molecule has 1 atom stereocenters. The van der Waals surface area contributed by atoms with E-state index < -0.39 is 0 Å². The normalized spacial score (nSPS) is 12.6. The molecule has 0 spiro atoms. The number of hydrogen-bond acceptors (Lipinski definition) is 2. The second kappa shape index (κ2) is 7.44. The number of aryl methyl sites for hydroxylation is 2. The minimum Gasteiger partial charge on any atom is -0.345 e. The first kappa shape index (κ1) is 16.7. The van der Waals surface area contributed by atoms with E-state index in [1.807, 2.05) is 13.1 Å². The van der Waals surface area contributed by atoms with Gasteiger partial charge in [-0.3, -0.25) is 4.79 Å². The number of benzene rings is 1. The molecule has 2 N–H and O–H groups in total. The highest BCUT2D eigenvalue weighted by molar-refractivity contribution is 5.78. The third-order valence-electron chi connectivity index (χ3n) is 4.01. The number of nitrogens with zero attached hydrogens (tertiary/aromatic N) is 1. The van der Waals surface area contributed by atoms with Gasteiger partial charge in [-0.05, 0) is 42.9 Å². The van der Waals surface area contributed by atoms with Crippen LogP contribution in [0.3, 0.4) is 0 Å². The highest BCUT2D eigenvalue weighted by Crippen LogP contribution is 2.11. The van der Waals surface area contributed by atoms with Gasteiger partial charge in [0.2, 0.25) is 5.91 Å². The third-order valence-corrected chi connectivity index (χ3v) is 4.01. The van der Waals surface area contributed by atoms with E-state index in [9.17, 15) is 4.79 Å². The number of likely N-dealkylation sites (N-methyl/N-ethyl adjacent to an activating group) is 1. The Morgan fingerprint density at radius 1 is 1.25 bits per heavy atom. The van der Waals surface area contributed by atoms with Gasteiger partial charge >= 0.3 is 0 Å². The van der Waals surface area contributed by atoms with E-state index in [1.54, 1.807) is 4.90 Å². The van der Waals surface area contributed by atoms with Gasteiger partial charge in [0, 0.05) is 19.6 Å². The van der Waals surface area contributed by atoms with Crippen molar-refractivity contribution in [1.29, 1.82) is 0 Å². The molecule has 1 rings (SSSR count). The van der Waals surface area contributed by atoms with Crippen LogP contribution in [0.15, 0.2) is 18.2 Å². The Kier molecular flexibility index (Phi) is 6.21. The van der Waals surface area contributed by atoms with E-state index in [0.29, 0.717) is 12.3 Å². The van der Waals surface area contributed by atoms with E-state index in [4.69, 9.17) is 5.73 Å². The van der Waals surface area contributed by atoms with E-state index in [2.05, 4.69) is 39.8 Å². The van der Waals surface area contributed by atoms with Crippen molar-refractivity contribution >= 4 is 5.91 Å². The molecule has 0 aliphatic heterocycles. The second-order valence-corrected chi connectivity index (χ2v) is 6.11. The molecule has 0 heterocycles. The van der Waals surface area contributed by atoms with Crippen molar-refractivity contribution < 1.29 is 4.79 Å². The lowest BCUT2D eigenvalue weighted by Crippen LogP contribution is -2.35. The second-order valence-electron chi connectivity index (χ2n) is 6.11. The van der Waals surface area contributed by atoms with Crippen molar-refractivity contribution in [2.24, 2.45) is 11.7 Å². The molecule has 0 aliphatic carbocycles. The summed E-state index contributed by atoms with van der Waals surface area (Å²) in [6.45, 7) is 9.11. The van der Waals surface area contributed by atoms with Gasteiger partial charge in [0.15, 0.2) is 0 Å². The average molecular weight is 276 g/mol. The van der Waals surface area contributed by atoms with Crippen LogP contribution in [0.4, 0.5) is 0 Å². The smallest absolute Gasteiger partial charge is 0.226 e. The van der Waals surface area contributed by atoms with Crippen molar-refractivity contribution in [2.75, 3.05) is 13.6 Å². The predicted octanol–water partition coefficient (Wildman–Crippen LogP) is 2.68. The fourth-order valence-corrected chi connectivity index (χ4v) is 2.02. The van der Waals surface area contributed by atoms with Gasteiger partial charge in [-0.25, -0.2) is 0 Å². The molecule has 1 aromatic rings. The van der Waals surface area contributed by atoms with Gasteiger partial charge < -0.3 is 10.6 Å². The molecule has 20 heavy (non-hydrogen) atoms. The summed E-state index contributed by atoms with van der Waals surface area (Å²) in [6.07, 6.45) is 1.32. The Morgan fingerprint density at radius 2 is 1.90 bits per heavy atom. The van der Waals surface area contributed by atoms with Crippen LogP contribution in [-0.2, 0) is 11.2 Å². The fraction of sp³-hybridized carbons (Fsp3) is 0.588. The van der Waals surface area contributed by atoms with Crippen molar-refractivity contribution in [3.05, 3.63) is 34.9 Å². The molecule has 3 nitrogen and oxygen atoms in total. The van der Waals surface area contributed by atoms with Crippen LogP contribution >= 0.6 is 0 Å². The van der Waals surface area contributed by atoms with Crippen molar-refractivity contribution in [3.8, 4) is 0 Å². The largest absolute Gasteiger partial charge is 0.345 e. The van der Waals surface area contributed by atoms with Crippen LogP contribution in [0.2, 0.25) is 0 Å². The number of amides is 1. The molecule has 1 unspecified atom stereocenters. The number of nitrogens with two attached hydrogens (primary N) is 1. The zero-order valence-electron chi connectivity index (χ0n) is 13.4. The molecule has 0 radical (unpaired) electrons. The van der Waals surface area contributed by atoms with Crippen LogP contribution < -0.4 is 5.73 Å². The van der Waals surface area contributed by atoms with Crippen LogP contribution in [-0.4, -0.2) is 30.4 Å². The Bertz CT molecular complexity index is 454. The standard InChI is InChI=1S/C17H28N2O/c1-12(2)16(18)8-9-19(5)17(20)11-15-7-6-13(3)14(4)10-15/h6-7,10,12,16H,8-9,11,18H2,1-5H3. The van der Waals surface area contributed by atoms with E-state index >= 15 is 0 Å². The van der Waals surface area contributed by atoms with Crippen LogP contribution in [0.5, 0.6) is 0 Å². The molecule has 0 bridgehead atoms. The van der Waals surface area contributed by atoms with Crippen LogP contribution in [0, 0.1) is 19.8 Å².